The summed E-state index contributed by atoms with van der Waals surface area (Å²) in [6.45, 7) is 2.39. The summed E-state index contributed by atoms with van der Waals surface area (Å²) in [5.74, 6) is -0.646. The molecule has 3 aromatic rings. The molecule has 3 aromatic carbocycles. The topological polar surface area (TPSA) is 67.4 Å². The van der Waals surface area contributed by atoms with Gasteiger partial charge in [0.05, 0.1) is 12.5 Å². The molecule has 0 saturated heterocycles. The lowest BCUT2D eigenvalue weighted by Crippen LogP contribution is -2.44. The van der Waals surface area contributed by atoms with Crippen LogP contribution < -0.4 is 15.6 Å². The minimum absolute atomic E-state index is 0.313. The van der Waals surface area contributed by atoms with Crippen LogP contribution >= 0.6 is 0 Å². The zero-order chi connectivity index (χ0) is 19.8. The van der Waals surface area contributed by atoms with Crippen molar-refractivity contribution in [3.8, 4) is 5.75 Å². The van der Waals surface area contributed by atoms with E-state index in [-0.39, 0.29) is 5.91 Å². The maximum atomic E-state index is 12.9. The molecule has 0 radical (unpaired) electrons. The standard InChI is InChI=1S/C23H22N2O3/c1-2-28-20-15-9-14-19(16-20)22(26)24-25-23(27)21(17-10-5-3-6-11-17)18-12-7-4-8-13-18/h3-16,21H,2H2,1H3,(H,24,26)(H,25,27). The fourth-order valence-electron chi connectivity index (χ4n) is 2.94. The molecule has 5 heteroatoms. The van der Waals surface area contributed by atoms with E-state index in [0.29, 0.717) is 17.9 Å². The van der Waals surface area contributed by atoms with Gasteiger partial charge < -0.3 is 4.74 Å². The lowest BCUT2D eigenvalue weighted by Gasteiger charge is -2.18. The molecule has 3 rings (SSSR count). The number of hydrogen-bond donors (Lipinski definition) is 2. The van der Waals surface area contributed by atoms with Crippen molar-refractivity contribution in [1.29, 1.82) is 0 Å². The lowest BCUT2D eigenvalue weighted by atomic mass is 9.91. The van der Waals surface area contributed by atoms with E-state index in [1.807, 2.05) is 67.6 Å². The molecule has 0 aliphatic heterocycles. The Labute approximate surface area is 164 Å². The number of carbonyl (C=O) groups is 2. The smallest absolute Gasteiger partial charge is 0.269 e. The number of ether oxygens (including phenoxy) is 1. The van der Waals surface area contributed by atoms with E-state index in [1.54, 1.807) is 24.3 Å². The number of carbonyl (C=O) groups excluding carboxylic acids is 2. The van der Waals surface area contributed by atoms with Gasteiger partial charge in [-0.2, -0.15) is 0 Å². The van der Waals surface area contributed by atoms with Gasteiger partial charge >= 0.3 is 0 Å². The summed E-state index contributed by atoms with van der Waals surface area (Å²) in [6, 6.07) is 25.7. The molecular formula is C23H22N2O3. The van der Waals surface area contributed by atoms with Crippen LogP contribution in [-0.2, 0) is 4.79 Å². The van der Waals surface area contributed by atoms with Crippen molar-refractivity contribution in [1.82, 2.24) is 10.9 Å². The molecule has 0 heterocycles. The monoisotopic (exact) mass is 374 g/mol. The van der Waals surface area contributed by atoms with Crippen molar-refractivity contribution < 1.29 is 14.3 Å². The van der Waals surface area contributed by atoms with Crippen LogP contribution in [0.25, 0.3) is 0 Å². The van der Waals surface area contributed by atoms with Gasteiger partial charge in [-0.25, -0.2) is 0 Å². The summed E-state index contributed by atoms with van der Waals surface area (Å²) in [7, 11) is 0. The zero-order valence-corrected chi connectivity index (χ0v) is 15.6. The number of benzene rings is 3. The molecule has 5 nitrogen and oxygen atoms in total. The Morgan fingerprint density at radius 2 is 1.43 bits per heavy atom. The molecule has 0 aliphatic carbocycles. The van der Waals surface area contributed by atoms with Crippen molar-refractivity contribution in [3.05, 3.63) is 102 Å². The minimum Gasteiger partial charge on any atom is -0.494 e. The second kappa shape index (κ2) is 9.37. The van der Waals surface area contributed by atoms with Gasteiger partial charge in [-0.1, -0.05) is 66.7 Å². The summed E-state index contributed by atoms with van der Waals surface area (Å²) < 4.78 is 5.41. The number of nitrogens with one attached hydrogen (secondary N) is 2. The molecular weight excluding hydrogens is 352 g/mol. The Balaban J connectivity index is 1.74. The Kier molecular flexibility index (Phi) is 6.41. The highest BCUT2D eigenvalue weighted by Crippen LogP contribution is 2.24. The minimum atomic E-state index is -0.530. The van der Waals surface area contributed by atoms with Crippen LogP contribution in [0.5, 0.6) is 5.75 Å². The molecule has 0 spiro atoms. The van der Waals surface area contributed by atoms with Crippen LogP contribution in [0.15, 0.2) is 84.9 Å². The second-order valence-corrected chi connectivity index (χ2v) is 6.16. The van der Waals surface area contributed by atoms with Gasteiger partial charge in [0.25, 0.3) is 5.91 Å². The highest BCUT2D eigenvalue weighted by Gasteiger charge is 2.23. The predicted molar refractivity (Wildman–Crippen MR) is 108 cm³/mol. The first-order valence-corrected chi connectivity index (χ1v) is 9.12. The van der Waals surface area contributed by atoms with Gasteiger partial charge in [-0.15, -0.1) is 0 Å². The average molecular weight is 374 g/mol. The van der Waals surface area contributed by atoms with E-state index in [2.05, 4.69) is 10.9 Å². The predicted octanol–water partition coefficient (Wildman–Crippen LogP) is 3.68. The third kappa shape index (κ3) is 4.76. The van der Waals surface area contributed by atoms with Crippen LogP contribution in [0.3, 0.4) is 0 Å². The van der Waals surface area contributed by atoms with Crippen LogP contribution in [0.4, 0.5) is 0 Å². The maximum absolute atomic E-state index is 12.9. The summed E-state index contributed by atoms with van der Waals surface area (Å²) in [5, 5.41) is 0. The Hall–Kier alpha value is -3.60. The number of amides is 2. The summed E-state index contributed by atoms with van der Waals surface area (Å²) >= 11 is 0. The Morgan fingerprint density at radius 3 is 2.00 bits per heavy atom. The van der Waals surface area contributed by atoms with Crippen LogP contribution in [0, 0.1) is 0 Å². The van der Waals surface area contributed by atoms with Crippen molar-refractivity contribution in [2.45, 2.75) is 12.8 Å². The highest BCUT2D eigenvalue weighted by molar-refractivity contribution is 5.96. The SMILES string of the molecule is CCOc1cccc(C(=O)NNC(=O)C(c2ccccc2)c2ccccc2)c1. The molecule has 2 N–H and O–H groups in total. The molecule has 0 aromatic heterocycles. The van der Waals surface area contributed by atoms with Gasteiger partial charge in [-0.05, 0) is 36.2 Å². The van der Waals surface area contributed by atoms with Gasteiger partial charge in [0.15, 0.2) is 0 Å². The third-order valence-corrected chi connectivity index (χ3v) is 4.23. The normalized spacial score (nSPS) is 10.4. The van der Waals surface area contributed by atoms with Crippen molar-refractivity contribution in [2.75, 3.05) is 6.61 Å². The maximum Gasteiger partial charge on any atom is 0.269 e. The summed E-state index contributed by atoms with van der Waals surface area (Å²) in [5.41, 5.74) is 7.14. The van der Waals surface area contributed by atoms with E-state index in [9.17, 15) is 9.59 Å². The molecule has 0 bridgehead atoms. The van der Waals surface area contributed by atoms with Crippen molar-refractivity contribution in [2.24, 2.45) is 0 Å². The van der Waals surface area contributed by atoms with Gasteiger partial charge in [0.1, 0.15) is 5.75 Å². The van der Waals surface area contributed by atoms with E-state index in [4.69, 9.17) is 4.74 Å². The molecule has 0 fully saturated rings. The lowest BCUT2D eigenvalue weighted by molar-refractivity contribution is -0.122. The van der Waals surface area contributed by atoms with E-state index < -0.39 is 11.8 Å². The largest absolute Gasteiger partial charge is 0.494 e. The van der Waals surface area contributed by atoms with E-state index in [0.717, 1.165) is 11.1 Å². The number of rotatable bonds is 6. The molecule has 0 aliphatic rings. The number of hydrazine groups is 1. The van der Waals surface area contributed by atoms with E-state index in [1.165, 1.54) is 0 Å². The Bertz CT molecular complexity index is 887. The molecule has 0 saturated carbocycles. The molecule has 2 amide bonds. The fourth-order valence-corrected chi connectivity index (χ4v) is 2.94. The second-order valence-electron chi connectivity index (χ2n) is 6.16. The first-order chi connectivity index (χ1) is 13.7. The first kappa shape index (κ1) is 19.2. The molecule has 0 atom stereocenters. The quantitative estimate of drug-likeness (QED) is 0.647. The van der Waals surface area contributed by atoms with Crippen LogP contribution in [0.2, 0.25) is 0 Å². The molecule has 142 valence electrons. The van der Waals surface area contributed by atoms with Gasteiger partial charge in [0, 0.05) is 5.56 Å². The van der Waals surface area contributed by atoms with Crippen molar-refractivity contribution >= 4 is 11.8 Å². The zero-order valence-electron chi connectivity index (χ0n) is 15.6. The summed E-state index contributed by atoms with van der Waals surface area (Å²) in [6.07, 6.45) is 0. The van der Waals surface area contributed by atoms with Gasteiger partial charge in [-0.3, -0.25) is 20.4 Å². The molecule has 28 heavy (non-hydrogen) atoms. The first-order valence-electron chi connectivity index (χ1n) is 9.12. The van der Waals surface area contributed by atoms with Crippen molar-refractivity contribution in [3.63, 3.8) is 0 Å². The average Bonchev–Trinajstić information content (AvgIpc) is 2.74. The Morgan fingerprint density at radius 1 is 0.821 bits per heavy atom. The van der Waals surface area contributed by atoms with Gasteiger partial charge in [0.2, 0.25) is 5.91 Å². The third-order valence-electron chi connectivity index (χ3n) is 4.23. The molecule has 0 unspecified atom stereocenters. The fraction of sp³-hybridized carbons (Fsp3) is 0.130. The van der Waals surface area contributed by atoms with Crippen LogP contribution in [0.1, 0.15) is 34.3 Å². The number of hydrogen-bond acceptors (Lipinski definition) is 3. The van der Waals surface area contributed by atoms with E-state index >= 15 is 0 Å². The highest BCUT2D eigenvalue weighted by atomic mass is 16.5. The summed E-state index contributed by atoms with van der Waals surface area (Å²) in [4.78, 5) is 25.3. The van der Waals surface area contributed by atoms with Crippen LogP contribution in [-0.4, -0.2) is 18.4 Å².